The third-order valence-corrected chi connectivity index (χ3v) is 5.76. The van der Waals surface area contributed by atoms with Gasteiger partial charge in [-0.05, 0) is 31.5 Å². The minimum absolute atomic E-state index is 0.558. The lowest BCUT2D eigenvalue weighted by Crippen LogP contribution is -2.24. The molecule has 2 N–H and O–H groups in total. The highest BCUT2D eigenvalue weighted by Gasteiger charge is 2.13. The van der Waals surface area contributed by atoms with Crippen molar-refractivity contribution in [2.45, 2.75) is 32.2 Å². The molecule has 1 saturated heterocycles. The minimum atomic E-state index is -1.26. The zero-order valence-corrected chi connectivity index (χ0v) is 17.4. The van der Waals surface area contributed by atoms with Crippen molar-refractivity contribution in [3.05, 3.63) is 60.6 Å². The molecule has 1 aromatic carbocycles. The second kappa shape index (κ2) is 10.7. The number of likely N-dealkylation sites (tertiary alicyclic amines) is 1. The van der Waals surface area contributed by atoms with Gasteiger partial charge in [0.1, 0.15) is 0 Å². The lowest BCUT2D eigenvalue weighted by molar-refractivity contribution is -0.134. The zero-order valence-electron chi connectivity index (χ0n) is 16.6. The van der Waals surface area contributed by atoms with Gasteiger partial charge in [0.05, 0.1) is 10.6 Å². The average Bonchev–Trinajstić information content (AvgIpc) is 3.17. The summed E-state index contributed by atoms with van der Waals surface area (Å²) in [6.07, 6.45) is 11.0. The van der Waals surface area contributed by atoms with Crippen LogP contribution in [-0.2, 0) is 16.1 Å². The van der Waals surface area contributed by atoms with Gasteiger partial charge < -0.3 is 10.2 Å². The predicted octanol–water partition coefficient (Wildman–Crippen LogP) is 4.15. The Morgan fingerprint density at radius 2 is 1.60 bits per heavy atom. The van der Waals surface area contributed by atoms with Crippen LogP contribution in [0.1, 0.15) is 31.4 Å². The quantitative estimate of drug-likeness (QED) is 0.594. The Bertz CT molecular complexity index is 954. The molecule has 3 aromatic rings. The maximum atomic E-state index is 9.55. The first kappa shape index (κ1) is 21.7. The van der Waals surface area contributed by atoms with E-state index in [0.29, 0.717) is 12.2 Å². The maximum absolute atomic E-state index is 9.55. The Balaban J connectivity index is 0.000000275. The van der Waals surface area contributed by atoms with Crippen LogP contribution in [0.2, 0.25) is 0 Å². The number of benzene rings is 1. The van der Waals surface area contributed by atoms with E-state index in [2.05, 4.69) is 52.0 Å². The summed E-state index contributed by atoms with van der Waals surface area (Å²) in [6, 6.07) is 10.5. The van der Waals surface area contributed by atoms with Crippen LogP contribution >= 0.6 is 11.3 Å². The fourth-order valence-electron chi connectivity index (χ4n) is 3.32. The number of aliphatic carboxylic acids is 2. The maximum Gasteiger partial charge on any atom is 0.328 e. The van der Waals surface area contributed by atoms with Crippen molar-refractivity contribution in [2.24, 2.45) is 0 Å². The smallest absolute Gasteiger partial charge is 0.328 e. The van der Waals surface area contributed by atoms with Gasteiger partial charge in [-0.1, -0.05) is 54.5 Å². The first-order valence-corrected chi connectivity index (χ1v) is 10.7. The molecular weight excluding hydrogens is 402 g/mol. The van der Waals surface area contributed by atoms with E-state index in [0.717, 1.165) is 11.5 Å². The molecule has 4 rings (SSSR count). The van der Waals surface area contributed by atoms with E-state index in [1.165, 1.54) is 54.9 Å². The van der Waals surface area contributed by atoms with Gasteiger partial charge in [-0.2, -0.15) is 0 Å². The Hall–Kier alpha value is -2.97. The molecule has 0 aliphatic carbocycles. The summed E-state index contributed by atoms with van der Waals surface area (Å²) in [6.45, 7) is 3.44. The van der Waals surface area contributed by atoms with E-state index < -0.39 is 11.9 Å². The van der Waals surface area contributed by atoms with E-state index >= 15 is 0 Å². The fraction of sp³-hybridized carbons (Fsp3) is 0.318. The molecule has 0 amide bonds. The Kier molecular flexibility index (Phi) is 7.75. The van der Waals surface area contributed by atoms with Gasteiger partial charge in [0, 0.05) is 31.1 Å². The van der Waals surface area contributed by atoms with Crippen LogP contribution in [0.3, 0.4) is 0 Å². The summed E-state index contributed by atoms with van der Waals surface area (Å²) in [4.78, 5) is 28.9. The lowest BCUT2D eigenvalue weighted by Gasteiger charge is -2.17. The molecule has 2 aromatic heterocycles. The van der Waals surface area contributed by atoms with E-state index in [9.17, 15) is 9.59 Å². The third-order valence-electron chi connectivity index (χ3n) is 4.72. The Morgan fingerprint density at radius 1 is 0.967 bits per heavy atom. The molecule has 0 saturated carbocycles. The molecule has 7 nitrogen and oxygen atoms in total. The lowest BCUT2D eigenvalue weighted by atomic mass is 10.2. The molecule has 0 atom stereocenters. The molecular formula is C22H25N3O4S. The van der Waals surface area contributed by atoms with Gasteiger partial charge in [0.15, 0.2) is 4.96 Å². The zero-order chi connectivity index (χ0) is 21.3. The number of nitrogens with zero attached hydrogens (tertiary/aromatic N) is 3. The summed E-state index contributed by atoms with van der Waals surface area (Å²) in [5.74, 6) is -2.51. The normalized spacial score (nSPS) is 14.9. The standard InChI is InChI=1S/C18H21N3S.C4H4O4/c1-2-7-11-20(10-6-1)12-16-13-21-14-17(22-18(21)19-16)15-8-4-3-5-9-15;5-3(6)1-2-4(7)8/h3-5,8-9,13-14H,1-2,6-7,10-12H2;1-2H,(H,5,6)(H,7,8)/b;2-1-. The predicted molar refractivity (Wildman–Crippen MR) is 117 cm³/mol. The third kappa shape index (κ3) is 6.53. The molecule has 1 fully saturated rings. The van der Waals surface area contributed by atoms with E-state index in [1.54, 1.807) is 11.3 Å². The summed E-state index contributed by atoms with van der Waals surface area (Å²) in [5.41, 5.74) is 2.47. The summed E-state index contributed by atoms with van der Waals surface area (Å²) in [7, 11) is 0. The number of carbonyl (C=O) groups is 2. The monoisotopic (exact) mass is 427 g/mol. The molecule has 0 bridgehead atoms. The molecule has 30 heavy (non-hydrogen) atoms. The number of carboxylic acid groups (broad SMARTS) is 2. The van der Waals surface area contributed by atoms with Crippen LogP contribution < -0.4 is 0 Å². The van der Waals surface area contributed by atoms with Crippen molar-refractivity contribution in [3.63, 3.8) is 0 Å². The van der Waals surface area contributed by atoms with Crippen molar-refractivity contribution < 1.29 is 19.8 Å². The number of carboxylic acids is 2. The first-order valence-electron chi connectivity index (χ1n) is 9.90. The van der Waals surface area contributed by atoms with Crippen LogP contribution in [0.4, 0.5) is 0 Å². The number of rotatable bonds is 5. The number of hydrogen-bond acceptors (Lipinski definition) is 5. The number of aromatic nitrogens is 2. The molecule has 8 heteroatoms. The molecule has 1 aliphatic rings. The molecule has 158 valence electrons. The van der Waals surface area contributed by atoms with Gasteiger partial charge >= 0.3 is 11.9 Å². The molecule has 0 spiro atoms. The molecule has 0 radical (unpaired) electrons. The summed E-state index contributed by atoms with van der Waals surface area (Å²) in [5, 5.41) is 15.6. The van der Waals surface area contributed by atoms with Gasteiger partial charge in [-0.3, -0.25) is 9.30 Å². The number of hydrogen-bond donors (Lipinski definition) is 2. The summed E-state index contributed by atoms with van der Waals surface area (Å²) >= 11 is 1.77. The minimum Gasteiger partial charge on any atom is -0.478 e. The SMILES string of the molecule is O=C(O)/C=C\C(=O)O.c1ccc(-c2cn3cc(CN4CCCCCC4)nc3s2)cc1. The Labute approximate surface area is 178 Å². The van der Waals surface area contributed by atoms with Gasteiger partial charge in [0.2, 0.25) is 0 Å². The van der Waals surface area contributed by atoms with Crippen LogP contribution in [0.5, 0.6) is 0 Å². The van der Waals surface area contributed by atoms with Gasteiger partial charge in [-0.25, -0.2) is 14.6 Å². The second-order valence-electron chi connectivity index (χ2n) is 7.08. The molecule has 0 unspecified atom stereocenters. The fourth-order valence-corrected chi connectivity index (χ4v) is 4.31. The topological polar surface area (TPSA) is 95.1 Å². The Morgan fingerprint density at radius 3 is 2.17 bits per heavy atom. The van der Waals surface area contributed by atoms with Crippen molar-refractivity contribution in [3.8, 4) is 10.4 Å². The van der Waals surface area contributed by atoms with Crippen molar-refractivity contribution in [1.29, 1.82) is 0 Å². The number of thiazole rings is 1. The molecule has 1 aliphatic heterocycles. The van der Waals surface area contributed by atoms with Crippen LogP contribution in [0.25, 0.3) is 15.4 Å². The molecule has 3 heterocycles. The second-order valence-corrected chi connectivity index (χ2v) is 8.09. The van der Waals surface area contributed by atoms with Crippen molar-refractivity contribution in [2.75, 3.05) is 13.1 Å². The highest BCUT2D eigenvalue weighted by Crippen LogP contribution is 2.28. The van der Waals surface area contributed by atoms with Crippen LogP contribution in [0, 0.1) is 0 Å². The highest BCUT2D eigenvalue weighted by atomic mass is 32.1. The van der Waals surface area contributed by atoms with E-state index in [1.807, 2.05) is 0 Å². The highest BCUT2D eigenvalue weighted by molar-refractivity contribution is 7.20. The number of imidazole rings is 1. The van der Waals surface area contributed by atoms with Crippen LogP contribution in [0.15, 0.2) is 54.9 Å². The first-order chi connectivity index (χ1) is 14.5. The average molecular weight is 428 g/mol. The van der Waals surface area contributed by atoms with E-state index in [-0.39, 0.29) is 0 Å². The van der Waals surface area contributed by atoms with Crippen molar-refractivity contribution in [1.82, 2.24) is 14.3 Å². The van der Waals surface area contributed by atoms with Gasteiger partial charge in [0.25, 0.3) is 0 Å². The summed E-state index contributed by atoms with van der Waals surface area (Å²) < 4.78 is 2.18. The van der Waals surface area contributed by atoms with Crippen molar-refractivity contribution >= 4 is 28.2 Å². The largest absolute Gasteiger partial charge is 0.478 e. The van der Waals surface area contributed by atoms with Crippen LogP contribution in [-0.4, -0.2) is 49.5 Å². The number of fused-ring (bicyclic) bond motifs is 1. The van der Waals surface area contributed by atoms with Gasteiger partial charge in [-0.15, -0.1) is 0 Å². The van der Waals surface area contributed by atoms with E-state index in [4.69, 9.17) is 15.2 Å².